The molecule has 1 amide bonds. The van der Waals surface area contributed by atoms with Crippen LogP contribution < -0.4 is 4.90 Å². The zero-order chi connectivity index (χ0) is 19.5. The molecule has 26 heavy (non-hydrogen) atoms. The van der Waals surface area contributed by atoms with E-state index in [1.165, 1.54) is 40.5 Å². The molecule has 0 saturated carbocycles. The van der Waals surface area contributed by atoms with Crippen molar-refractivity contribution in [1.29, 1.82) is 0 Å². The number of aromatic nitrogens is 1. The third kappa shape index (κ3) is 4.31. The van der Waals surface area contributed by atoms with Gasteiger partial charge in [-0.25, -0.2) is 13.4 Å². The van der Waals surface area contributed by atoms with Crippen molar-refractivity contribution in [3.05, 3.63) is 52.6 Å². The number of pyridine rings is 1. The summed E-state index contributed by atoms with van der Waals surface area (Å²) in [7, 11) is -2.03. The smallest absolute Gasteiger partial charge is 0.259 e. The summed E-state index contributed by atoms with van der Waals surface area (Å²) in [6, 6.07) is 9.41. The van der Waals surface area contributed by atoms with E-state index in [0.717, 1.165) is 4.47 Å². The minimum absolute atomic E-state index is 0.152. The van der Waals surface area contributed by atoms with E-state index in [1.54, 1.807) is 26.1 Å². The van der Waals surface area contributed by atoms with E-state index in [1.807, 2.05) is 13.0 Å². The van der Waals surface area contributed by atoms with Gasteiger partial charge in [0.2, 0.25) is 10.0 Å². The van der Waals surface area contributed by atoms with Gasteiger partial charge in [-0.2, -0.15) is 4.31 Å². The first kappa shape index (κ1) is 20.5. The number of hydrogen-bond donors (Lipinski definition) is 0. The maximum Gasteiger partial charge on any atom is 0.259 e. The number of amides is 1. The van der Waals surface area contributed by atoms with E-state index in [0.29, 0.717) is 17.9 Å². The SMILES string of the molecule is CCN(C(=O)c1ccc(S(=O)(=O)N(C)C(C)C)cc1)c1ccc(Br)cn1. The van der Waals surface area contributed by atoms with Crippen molar-refractivity contribution in [3.8, 4) is 0 Å². The minimum atomic E-state index is -3.57. The van der Waals surface area contributed by atoms with E-state index < -0.39 is 10.0 Å². The predicted molar refractivity (Wildman–Crippen MR) is 106 cm³/mol. The lowest BCUT2D eigenvalue weighted by molar-refractivity contribution is 0.0987. The van der Waals surface area contributed by atoms with E-state index in [9.17, 15) is 13.2 Å². The Kier molecular flexibility index (Phi) is 6.54. The van der Waals surface area contributed by atoms with Crippen LogP contribution in [0.2, 0.25) is 0 Å². The number of rotatable bonds is 6. The van der Waals surface area contributed by atoms with Gasteiger partial charge in [0.25, 0.3) is 5.91 Å². The van der Waals surface area contributed by atoms with Crippen molar-refractivity contribution in [3.63, 3.8) is 0 Å². The summed E-state index contributed by atoms with van der Waals surface area (Å²) in [5.74, 6) is 0.306. The average molecular weight is 440 g/mol. The molecular formula is C18H22BrN3O3S. The fraction of sp³-hybridized carbons (Fsp3) is 0.333. The van der Waals surface area contributed by atoms with Crippen LogP contribution in [-0.2, 0) is 10.0 Å². The van der Waals surface area contributed by atoms with E-state index in [-0.39, 0.29) is 16.8 Å². The summed E-state index contributed by atoms with van der Waals surface area (Å²) < 4.78 is 27.2. The van der Waals surface area contributed by atoms with Gasteiger partial charge in [-0.3, -0.25) is 9.69 Å². The number of hydrogen-bond acceptors (Lipinski definition) is 4. The molecule has 0 radical (unpaired) electrons. The van der Waals surface area contributed by atoms with Crippen molar-refractivity contribution in [2.45, 2.75) is 31.7 Å². The molecule has 0 fully saturated rings. The van der Waals surface area contributed by atoms with Crippen LogP contribution in [0, 0.1) is 0 Å². The molecule has 0 N–H and O–H groups in total. The molecule has 6 nitrogen and oxygen atoms in total. The van der Waals surface area contributed by atoms with Crippen LogP contribution in [0.25, 0.3) is 0 Å². The van der Waals surface area contributed by atoms with Crippen molar-refractivity contribution >= 4 is 37.7 Å². The third-order valence-corrected chi connectivity index (χ3v) is 6.57. The van der Waals surface area contributed by atoms with Crippen molar-refractivity contribution in [1.82, 2.24) is 9.29 Å². The highest BCUT2D eigenvalue weighted by atomic mass is 79.9. The molecule has 0 unspecified atom stereocenters. The highest BCUT2D eigenvalue weighted by molar-refractivity contribution is 9.10. The van der Waals surface area contributed by atoms with Gasteiger partial charge >= 0.3 is 0 Å². The van der Waals surface area contributed by atoms with Crippen LogP contribution in [0.3, 0.4) is 0 Å². The maximum atomic E-state index is 12.8. The van der Waals surface area contributed by atoms with Gasteiger partial charge in [-0.15, -0.1) is 0 Å². The number of carbonyl (C=O) groups is 1. The lowest BCUT2D eigenvalue weighted by Gasteiger charge is -2.22. The average Bonchev–Trinajstić information content (AvgIpc) is 2.63. The summed E-state index contributed by atoms with van der Waals surface area (Å²) in [5, 5.41) is 0. The summed E-state index contributed by atoms with van der Waals surface area (Å²) in [5.41, 5.74) is 0.405. The molecule has 0 saturated heterocycles. The van der Waals surface area contributed by atoms with Gasteiger partial charge in [-0.1, -0.05) is 0 Å². The van der Waals surface area contributed by atoms with Gasteiger partial charge < -0.3 is 0 Å². The number of nitrogens with zero attached hydrogens (tertiary/aromatic N) is 3. The largest absolute Gasteiger partial charge is 0.293 e. The normalized spacial score (nSPS) is 11.8. The Hall–Kier alpha value is -1.77. The zero-order valence-corrected chi connectivity index (χ0v) is 17.6. The Morgan fingerprint density at radius 2 is 1.77 bits per heavy atom. The molecule has 1 aromatic carbocycles. The van der Waals surface area contributed by atoms with Gasteiger partial charge in [0.1, 0.15) is 5.82 Å². The first-order chi connectivity index (χ1) is 12.2. The standard InChI is InChI=1S/C18H22BrN3O3S/c1-5-22(17-11-8-15(19)12-20-17)18(23)14-6-9-16(10-7-14)26(24,25)21(4)13(2)3/h6-13H,5H2,1-4H3. The Morgan fingerprint density at radius 3 is 2.23 bits per heavy atom. The van der Waals surface area contributed by atoms with Crippen molar-refractivity contribution in [2.75, 3.05) is 18.5 Å². The molecule has 2 aromatic rings. The van der Waals surface area contributed by atoms with Crippen LogP contribution in [0.1, 0.15) is 31.1 Å². The highest BCUT2D eigenvalue weighted by Crippen LogP contribution is 2.20. The Morgan fingerprint density at radius 1 is 1.15 bits per heavy atom. The second-order valence-corrected chi connectivity index (χ2v) is 8.94. The summed E-state index contributed by atoms with van der Waals surface area (Å²) in [6.07, 6.45) is 1.63. The number of sulfonamides is 1. The quantitative estimate of drug-likeness (QED) is 0.689. The fourth-order valence-corrected chi connectivity index (χ4v) is 3.91. The summed E-state index contributed by atoms with van der Waals surface area (Å²) in [6.45, 7) is 5.92. The van der Waals surface area contributed by atoms with Crippen molar-refractivity contribution < 1.29 is 13.2 Å². The van der Waals surface area contributed by atoms with Crippen LogP contribution in [0.15, 0.2) is 52.0 Å². The zero-order valence-electron chi connectivity index (χ0n) is 15.2. The van der Waals surface area contributed by atoms with Crippen LogP contribution >= 0.6 is 15.9 Å². The molecule has 0 bridgehead atoms. The summed E-state index contributed by atoms with van der Waals surface area (Å²) >= 11 is 3.32. The van der Waals surface area contributed by atoms with Crippen molar-refractivity contribution in [2.24, 2.45) is 0 Å². The van der Waals surface area contributed by atoms with E-state index in [2.05, 4.69) is 20.9 Å². The molecule has 1 heterocycles. The second kappa shape index (κ2) is 8.28. The molecule has 0 aliphatic carbocycles. The molecular weight excluding hydrogens is 418 g/mol. The molecule has 1 aromatic heterocycles. The molecule has 0 atom stereocenters. The Labute approximate surface area is 163 Å². The van der Waals surface area contributed by atoms with E-state index >= 15 is 0 Å². The van der Waals surface area contributed by atoms with Crippen LogP contribution in [0.4, 0.5) is 5.82 Å². The monoisotopic (exact) mass is 439 g/mol. The predicted octanol–water partition coefficient (Wildman–Crippen LogP) is 3.54. The molecule has 0 aliphatic rings. The van der Waals surface area contributed by atoms with Crippen LogP contribution in [-0.4, -0.2) is 43.2 Å². The molecule has 0 aliphatic heterocycles. The molecule has 2 rings (SSSR count). The maximum absolute atomic E-state index is 12.8. The lowest BCUT2D eigenvalue weighted by atomic mass is 10.2. The minimum Gasteiger partial charge on any atom is -0.293 e. The molecule has 8 heteroatoms. The van der Waals surface area contributed by atoms with Gasteiger partial charge in [0, 0.05) is 35.9 Å². The number of anilines is 1. The first-order valence-electron chi connectivity index (χ1n) is 8.20. The lowest BCUT2D eigenvalue weighted by Crippen LogP contribution is -2.33. The summed E-state index contributed by atoms with van der Waals surface area (Å²) in [4.78, 5) is 18.7. The van der Waals surface area contributed by atoms with Gasteiger partial charge in [0.05, 0.1) is 4.90 Å². The topological polar surface area (TPSA) is 70.6 Å². The van der Waals surface area contributed by atoms with E-state index in [4.69, 9.17) is 0 Å². The molecule has 140 valence electrons. The number of benzene rings is 1. The van der Waals surface area contributed by atoms with Crippen LogP contribution in [0.5, 0.6) is 0 Å². The van der Waals surface area contributed by atoms with Gasteiger partial charge in [0.15, 0.2) is 0 Å². The molecule has 0 spiro atoms. The number of carbonyl (C=O) groups excluding carboxylic acids is 1. The highest BCUT2D eigenvalue weighted by Gasteiger charge is 2.24. The second-order valence-electron chi connectivity index (χ2n) is 6.02. The Bertz CT molecular complexity index is 866. The number of halogens is 1. The first-order valence-corrected chi connectivity index (χ1v) is 10.4. The third-order valence-electron chi connectivity index (χ3n) is 4.06. The fourth-order valence-electron chi connectivity index (χ4n) is 2.31. The van der Waals surface area contributed by atoms with Gasteiger partial charge in [-0.05, 0) is 73.1 Å². The Balaban J connectivity index is 2.29.